The zero-order valence-corrected chi connectivity index (χ0v) is 14.1. The van der Waals surface area contributed by atoms with E-state index in [1.807, 2.05) is 42.2 Å². The Hall–Kier alpha value is -2.96. The van der Waals surface area contributed by atoms with E-state index in [4.69, 9.17) is 0 Å². The number of aromatic nitrogens is 4. The average Bonchev–Trinajstić information content (AvgIpc) is 3.11. The van der Waals surface area contributed by atoms with Gasteiger partial charge in [-0.15, -0.1) is 5.10 Å². The van der Waals surface area contributed by atoms with Crippen LogP contribution in [-0.2, 0) is 0 Å². The number of hydrogen-bond donors (Lipinski definition) is 2. The number of carbonyl (C=O) groups excluding carboxylic acids is 1. The van der Waals surface area contributed by atoms with Gasteiger partial charge in [0.05, 0.1) is 23.1 Å². The maximum atomic E-state index is 12.7. The summed E-state index contributed by atoms with van der Waals surface area (Å²) in [5.41, 5.74) is 3.37. The molecule has 3 heterocycles. The molecule has 128 valence electrons. The Morgan fingerprint density at radius 3 is 2.80 bits per heavy atom. The predicted octanol–water partition coefficient (Wildman–Crippen LogP) is 2.38. The molecule has 1 fully saturated rings. The fourth-order valence-corrected chi connectivity index (χ4v) is 3.16. The summed E-state index contributed by atoms with van der Waals surface area (Å²) in [7, 11) is 0. The number of imidazole rings is 1. The highest BCUT2D eigenvalue weighted by Gasteiger charge is 2.24. The number of aryl methyl sites for hydroxylation is 1. The van der Waals surface area contributed by atoms with Gasteiger partial charge in [0, 0.05) is 24.7 Å². The molecule has 25 heavy (non-hydrogen) atoms. The van der Waals surface area contributed by atoms with E-state index in [0.717, 1.165) is 48.5 Å². The normalized spacial score (nSPS) is 15.5. The molecule has 1 aromatic carbocycles. The first-order chi connectivity index (χ1) is 12.2. The highest BCUT2D eigenvalue weighted by Crippen LogP contribution is 2.19. The minimum Gasteiger partial charge on any atom is -0.366 e. The Kier molecular flexibility index (Phi) is 4.05. The standard InChI is InChI=1S/C18H20N6O/c1-12-2-5-17(23-22-12)21-14-6-8-24(9-7-14)18(25)13-3-4-15-16(10-13)20-11-19-15/h2-5,10-11,14H,6-9H2,1H3,(H,19,20)(H,21,23). The summed E-state index contributed by atoms with van der Waals surface area (Å²) in [6, 6.07) is 9.80. The molecule has 2 N–H and O–H groups in total. The molecule has 0 radical (unpaired) electrons. The first-order valence-corrected chi connectivity index (χ1v) is 8.48. The zero-order valence-electron chi connectivity index (χ0n) is 14.1. The van der Waals surface area contributed by atoms with Crippen molar-refractivity contribution in [1.29, 1.82) is 0 Å². The van der Waals surface area contributed by atoms with Crippen molar-refractivity contribution in [2.45, 2.75) is 25.8 Å². The average molecular weight is 336 g/mol. The van der Waals surface area contributed by atoms with Crippen LogP contribution in [0.25, 0.3) is 11.0 Å². The van der Waals surface area contributed by atoms with E-state index in [9.17, 15) is 4.79 Å². The fourth-order valence-electron chi connectivity index (χ4n) is 3.16. The van der Waals surface area contributed by atoms with Crippen LogP contribution in [0.2, 0.25) is 0 Å². The third-order valence-corrected chi connectivity index (χ3v) is 4.60. The van der Waals surface area contributed by atoms with Crippen LogP contribution in [0, 0.1) is 6.92 Å². The number of benzene rings is 1. The lowest BCUT2D eigenvalue weighted by molar-refractivity contribution is 0.0718. The number of piperidine rings is 1. The van der Waals surface area contributed by atoms with Gasteiger partial charge in [-0.05, 0) is 50.1 Å². The molecule has 1 amide bonds. The molecule has 0 bridgehead atoms. The Morgan fingerprint density at radius 2 is 2.04 bits per heavy atom. The van der Waals surface area contributed by atoms with E-state index in [1.54, 1.807) is 6.33 Å². The van der Waals surface area contributed by atoms with Gasteiger partial charge >= 0.3 is 0 Å². The molecule has 1 aliphatic rings. The van der Waals surface area contributed by atoms with Gasteiger partial charge < -0.3 is 15.2 Å². The molecular formula is C18H20N6O. The molecule has 3 aromatic rings. The lowest BCUT2D eigenvalue weighted by Crippen LogP contribution is -2.42. The molecule has 1 aliphatic heterocycles. The predicted molar refractivity (Wildman–Crippen MR) is 95.4 cm³/mol. The quantitative estimate of drug-likeness (QED) is 0.767. The van der Waals surface area contributed by atoms with Crippen molar-refractivity contribution in [3.8, 4) is 0 Å². The summed E-state index contributed by atoms with van der Waals surface area (Å²) in [5, 5.41) is 11.6. The lowest BCUT2D eigenvalue weighted by Gasteiger charge is -2.32. The van der Waals surface area contributed by atoms with Crippen LogP contribution >= 0.6 is 0 Å². The van der Waals surface area contributed by atoms with Gasteiger partial charge in [-0.3, -0.25) is 4.79 Å². The Bertz CT molecular complexity index is 880. The summed E-state index contributed by atoms with van der Waals surface area (Å²) in [6.07, 6.45) is 3.44. The van der Waals surface area contributed by atoms with Crippen LogP contribution < -0.4 is 5.32 Å². The fraction of sp³-hybridized carbons (Fsp3) is 0.333. The van der Waals surface area contributed by atoms with Gasteiger partial charge in [-0.1, -0.05) is 0 Å². The van der Waals surface area contributed by atoms with Gasteiger partial charge in [-0.25, -0.2) is 4.98 Å². The minimum absolute atomic E-state index is 0.0741. The Balaban J connectivity index is 1.37. The number of likely N-dealkylation sites (tertiary alicyclic amines) is 1. The Morgan fingerprint density at radius 1 is 1.20 bits per heavy atom. The van der Waals surface area contributed by atoms with Crippen molar-refractivity contribution in [2.24, 2.45) is 0 Å². The van der Waals surface area contributed by atoms with Gasteiger partial charge in [0.15, 0.2) is 0 Å². The molecule has 1 saturated heterocycles. The number of amides is 1. The largest absolute Gasteiger partial charge is 0.366 e. The van der Waals surface area contributed by atoms with Crippen molar-refractivity contribution < 1.29 is 4.79 Å². The van der Waals surface area contributed by atoms with E-state index in [1.165, 1.54) is 0 Å². The maximum absolute atomic E-state index is 12.7. The van der Waals surface area contributed by atoms with Crippen LogP contribution in [0.15, 0.2) is 36.7 Å². The second-order valence-corrected chi connectivity index (χ2v) is 6.41. The summed E-state index contributed by atoms with van der Waals surface area (Å²) in [5.74, 6) is 0.866. The van der Waals surface area contributed by atoms with Gasteiger partial charge in [0.1, 0.15) is 5.82 Å². The number of carbonyl (C=O) groups is 1. The van der Waals surface area contributed by atoms with Crippen molar-refractivity contribution in [3.63, 3.8) is 0 Å². The van der Waals surface area contributed by atoms with Crippen LogP contribution in [0.3, 0.4) is 0 Å². The second kappa shape index (κ2) is 6.51. The molecule has 2 aromatic heterocycles. The molecule has 7 heteroatoms. The third kappa shape index (κ3) is 3.31. The van der Waals surface area contributed by atoms with E-state index in [0.29, 0.717) is 11.6 Å². The smallest absolute Gasteiger partial charge is 0.253 e. The number of fused-ring (bicyclic) bond motifs is 1. The van der Waals surface area contributed by atoms with Crippen LogP contribution in [-0.4, -0.2) is 50.1 Å². The summed E-state index contributed by atoms with van der Waals surface area (Å²) < 4.78 is 0. The van der Waals surface area contributed by atoms with Crippen LogP contribution in [0.4, 0.5) is 5.82 Å². The molecule has 7 nitrogen and oxygen atoms in total. The molecule has 0 spiro atoms. The van der Waals surface area contributed by atoms with Gasteiger partial charge in [0.2, 0.25) is 0 Å². The Labute approximate surface area is 145 Å². The molecule has 0 unspecified atom stereocenters. The SMILES string of the molecule is Cc1ccc(NC2CCN(C(=O)c3ccc4nc[nH]c4c3)CC2)nn1. The number of nitrogens with zero attached hydrogens (tertiary/aromatic N) is 4. The van der Waals surface area contributed by atoms with Crippen molar-refractivity contribution >= 4 is 22.8 Å². The van der Waals surface area contributed by atoms with Crippen LogP contribution in [0.1, 0.15) is 28.9 Å². The molecule has 4 rings (SSSR count). The first kappa shape index (κ1) is 15.6. The summed E-state index contributed by atoms with van der Waals surface area (Å²) in [4.78, 5) is 21.9. The topological polar surface area (TPSA) is 86.8 Å². The van der Waals surface area contributed by atoms with Crippen molar-refractivity contribution in [1.82, 2.24) is 25.1 Å². The molecular weight excluding hydrogens is 316 g/mol. The second-order valence-electron chi connectivity index (χ2n) is 6.41. The van der Waals surface area contributed by atoms with E-state index >= 15 is 0 Å². The molecule has 0 aliphatic carbocycles. The monoisotopic (exact) mass is 336 g/mol. The highest BCUT2D eigenvalue weighted by molar-refractivity contribution is 5.97. The number of H-pyrrole nitrogens is 1. The number of rotatable bonds is 3. The molecule has 0 saturated carbocycles. The minimum atomic E-state index is 0.0741. The number of aromatic amines is 1. The van der Waals surface area contributed by atoms with Crippen molar-refractivity contribution in [2.75, 3.05) is 18.4 Å². The van der Waals surface area contributed by atoms with E-state index in [2.05, 4.69) is 25.5 Å². The summed E-state index contributed by atoms with van der Waals surface area (Å²) in [6.45, 7) is 3.38. The summed E-state index contributed by atoms with van der Waals surface area (Å²) >= 11 is 0. The van der Waals surface area contributed by atoms with Crippen molar-refractivity contribution in [3.05, 3.63) is 47.9 Å². The third-order valence-electron chi connectivity index (χ3n) is 4.60. The van der Waals surface area contributed by atoms with Crippen LogP contribution in [0.5, 0.6) is 0 Å². The van der Waals surface area contributed by atoms with E-state index in [-0.39, 0.29) is 5.91 Å². The van der Waals surface area contributed by atoms with Gasteiger partial charge in [0.25, 0.3) is 5.91 Å². The van der Waals surface area contributed by atoms with E-state index < -0.39 is 0 Å². The lowest BCUT2D eigenvalue weighted by atomic mass is 10.0. The zero-order chi connectivity index (χ0) is 17.2. The molecule has 0 atom stereocenters. The van der Waals surface area contributed by atoms with Gasteiger partial charge in [-0.2, -0.15) is 5.10 Å². The number of anilines is 1. The number of nitrogens with one attached hydrogen (secondary N) is 2. The highest BCUT2D eigenvalue weighted by atomic mass is 16.2. The number of hydrogen-bond acceptors (Lipinski definition) is 5. The first-order valence-electron chi connectivity index (χ1n) is 8.48. The maximum Gasteiger partial charge on any atom is 0.253 e.